The van der Waals surface area contributed by atoms with E-state index in [4.69, 9.17) is 5.11 Å². The lowest BCUT2D eigenvalue weighted by Gasteiger charge is -2.20. The monoisotopic (exact) mass is 323 g/mol. The second kappa shape index (κ2) is 6.64. The van der Waals surface area contributed by atoms with Crippen molar-refractivity contribution in [2.75, 3.05) is 12.9 Å². The third-order valence-corrected chi connectivity index (χ3v) is 4.90. The summed E-state index contributed by atoms with van der Waals surface area (Å²) in [5, 5.41) is 13.8. The number of thioether (sulfide) groups is 1. The SMILES string of the molecule is CSC(CO)C(C)NC(=O)c1csc(Br)c1. The summed E-state index contributed by atoms with van der Waals surface area (Å²) in [6.45, 7) is 1.96. The van der Waals surface area contributed by atoms with Gasteiger partial charge in [0.05, 0.1) is 16.0 Å². The summed E-state index contributed by atoms with van der Waals surface area (Å²) in [5.74, 6) is -0.0954. The molecule has 2 unspecified atom stereocenters. The molecule has 6 heteroatoms. The van der Waals surface area contributed by atoms with Crippen LogP contribution in [0, 0.1) is 0 Å². The van der Waals surface area contributed by atoms with E-state index in [1.54, 1.807) is 23.2 Å². The summed E-state index contributed by atoms with van der Waals surface area (Å²) in [4.78, 5) is 11.8. The molecule has 90 valence electrons. The Hall–Kier alpha value is -0.0400. The first kappa shape index (κ1) is 14.0. The van der Waals surface area contributed by atoms with Crippen LogP contribution in [0.15, 0.2) is 15.2 Å². The third-order valence-electron chi connectivity index (χ3n) is 2.23. The van der Waals surface area contributed by atoms with Crippen molar-refractivity contribution in [1.82, 2.24) is 5.32 Å². The van der Waals surface area contributed by atoms with Crippen LogP contribution in [0.2, 0.25) is 0 Å². The van der Waals surface area contributed by atoms with Crippen LogP contribution in [0.3, 0.4) is 0 Å². The van der Waals surface area contributed by atoms with Crippen LogP contribution in [0.1, 0.15) is 17.3 Å². The molecule has 1 aromatic heterocycles. The van der Waals surface area contributed by atoms with E-state index in [0.717, 1.165) is 3.79 Å². The largest absolute Gasteiger partial charge is 0.395 e. The van der Waals surface area contributed by atoms with Gasteiger partial charge in [-0.3, -0.25) is 4.79 Å². The van der Waals surface area contributed by atoms with Crippen LogP contribution in [0.4, 0.5) is 0 Å². The van der Waals surface area contributed by atoms with E-state index < -0.39 is 0 Å². The number of rotatable bonds is 5. The Morgan fingerprint density at radius 1 is 1.75 bits per heavy atom. The maximum atomic E-state index is 11.8. The van der Waals surface area contributed by atoms with Gasteiger partial charge in [-0.2, -0.15) is 11.8 Å². The van der Waals surface area contributed by atoms with Crippen molar-refractivity contribution in [2.45, 2.75) is 18.2 Å². The molecule has 0 aliphatic heterocycles. The number of amides is 1. The standard InChI is InChI=1S/C10H14BrNO2S2/c1-6(8(4-13)15-2)12-10(14)7-3-9(11)16-5-7/h3,5-6,8,13H,4H2,1-2H3,(H,12,14). The van der Waals surface area contributed by atoms with Crippen LogP contribution in [-0.2, 0) is 0 Å². The molecule has 1 amide bonds. The Balaban J connectivity index is 2.57. The lowest BCUT2D eigenvalue weighted by atomic mass is 10.2. The maximum absolute atomic E-state index is 11.8. The average molecular weight is 324 g/mol. The molecule has 0 aliphatic carbocycles. The van der Waals surface area contributed by atoms with E-state index in [1.165, 1.54) is 11.3 Å². The minimum absolute atomic E-state index is 0.0334. The van der Waals surface area contributed by atoms with Crippen molar-refractivity contribution in [1.29, 1.82) is 0 Å². The van der Waals surface area contributed by atoms with Gasteiger partial charge in [-0.25, -0.2) is 0 Å². The molecule has 16 heavy (non-hydrogen) atoms. The number of aliphatic hydroxyl groups excluding tert-OH is 1. The molecule has 0 bridgehead atoms. The first-order chi connectivity index (χ1) is 7.58. The summed E-state index contributed by atoms with van der Waals surface area (Å²) in [7, 11) is 0. The molecule has 0 saturated carbocycles. The van der Waals surface area contributed by atoms with Gasteiger partial charge in [-0.15, -0.1) is 11.3 Å². The van der Waals surface area contributed by atoms with Gasteiger partial charge in [-0.05, 0) is 35.2 Å². The fourth-order valence-corrected chi connectivity index (χ4v) is 3.01. The van der Waals surface area contributed by atoms with Gasteiger partial charge in [0.15, 0.2) is 0 Å². The highest BCUT2D eigenvalue weighted by molar-refractivity contribution is 9.11. The molecule has 1 aromatic rings. The predicted octanol–water partition coefficient (Wildman–Crippen LogP) is 2.35. The van der Waals surface area contributed by atoms with Crippen LogP contribution < -0.4 is 5.32 Å². The highest BCUT2D eigenvalue weighted by Crippen LogP contribution is 2.21. The molecule has 0 radical (unpaired) electrons. The van der Waals surface area contributed by atoms with Crippen molar-refractivity contribution in [3.8, 4) is 0 Å². The second-order valence-corrected chi connectivity index (χ2v) is 6.73. The van der Waals surface area contributed by atoms with Crippen LogP contribution in [-0.4, -0.2) is 35.2 Å². The first-order valence-electron chi connectivity index (χ1n) is 4.77. The molecule has 1 heterocycles. The Morgan fingerprint density at radius 2 is 2.44 bits per heavy atom. The molecule has 2 atom stereocenters. The number of carbonyl (C=O) groups is 1. The van der Waals surface area contributed by atoms with Gasteiger partial charge in [0.1, 0.15) is 0 Å². The lowest BCUT2D eigenvalue weighted by molar-refractivity contribution is 0.0936. The zero-order valence-electron chi connectivity index (χ0n) is 9.07. The average Bonchev–Trinajstić information content (AvgIpc) is 2.66. The van der Waals surface area contributed by atoms with Gasteiger partial charge in [0, 0.05) is 16.7 Å². The maximum Gasteiger partial charge on any atom is 0.252 e. The van der Waals surface area contributed by atoms with Crippen molar-refractivity contribution in [3.63, 3.8) is 0 Å². The Morgan fingerprint density at radius 3 is 2.88 bits per heavy atom. The van der Waals surface area contributed by atoms with Gasteiger partial charge in [0.2, 0.25) is 0 Å². The van der Waals surface area contributed by atoms with E-state index in [0.29, 0.717) is 5.56 Å². The number of aliphatic hydroxyl groups is 1. The smallest absolute Gasteiger partial charge is 0.252 e. The quantitative estimate of drug-likeness (QED) is 0.874. The lowest BCUT2D eigenvalue weighted by Crippen LogP contribution is -2.41. The molecule has 0 spiro atoms. The number of nitrogens with one attached hydrogen (secondary N) is 1. The normalized spacial score (nSPS) is 14.5. The number of carbonyl (C=O) groups excluding carboxylic acids is 1. The minimum Gasteiger partial charge on any atom is -0.395 e. The molecule has 0 fully saturated rings. The zero-order chi connectivity index (χ0) is 12.1. The summed E-state index contributed by atoms with van der Waals surface area (Å²) in [6, 6.07) is 1.74. The molecule has 2 N–H and O–H groups in total. The molecule has 1 rings (SSSR count). The van der Waals surface area contributed by atoms with Crippen molar-refractivity contribution in [2.24, 2.45) is 0 Å². The highest BCUT2D eigenvalue weighted by atomic mass is 79.9. The van der Waals surface area contributed by atoms with Gasteiger partial charge in [0.25, 0.3) is 5.91 Å². The van der Waals surface area contributed by atoms with Crippen LogP contribution in [0.5, 0.6) is 0 Å². The Bertz CT molecular complexity index is 352. The van der Waals surface area contributed by atoms with E-state index in [-0.39, 0.29) is 23.8 Å². The van der Waals surface area contributed by atoms with Crippen LogP contribution >= 0.6 is 39.0 Å². The minimum atomic E-state index is -0.0954. The molecular formula is C10H14BrNO2S2. The van der Waals surface area contributed by atoms with Crippen molar-refractivity contribution >= 4 is 44.9 Å². The van der Waals surface area contributed by atoms with E-state index in [9.17, 15) is 4.79 Å². The molecule has 3 nitrogen and oxygen atoms in total. The summed E-state index contributed by atoms with van der Waals surface area (Å²) in [5.41, 5.74) is 0.654. The Labute approximate surface area is 112 Å². The first-order valence-corrected chi connectivity index (χ1v) is 7.73. The number of hydrogen-bond acceptors (Lipinski definition) is 4. The van der Waals surface area contributed by atoms with E-state index >= 15 is 0 Å². The predicted molar refractivity (Wildman–Crippen MR) is 73.3 cm³/mol. The summed E-state index contributed by atoms with van der Waals surface area (Å²) in [6.07, 6.45) is 1.92. The highest BCUT2D eigenvalue weighted by Gasteiger charge is 2.18. The molecule has 0 saturated heterocycles. The second-order valence-electron chi connectivity index (χ2n) is 3.36. The summed E-state index contributed by atoms with van der Waals surface area (Å²) >= 11 is 6.35. The summed E-state index contributed by atoms with van der Waals surface area (Å²) < 4.78 is 0.939. The third kappa shape index (κ3) is 3.76. The van der Waals surface area contributed by atoms with E-state index in [2.05, 4.69) is 21.2 Å². The van der Waals surface area contributed by atoms with Crippen molar-refractivity contribution < 1.29 is 9.90 Å². The molecule has 0 aromatic carbocycles. The van der Waals surface area contributed by atoms with E-state index in [1.807, 2.05) is 13.2 Å². The molecule has 0 aliphatic rings. The van der Waals surface area contributed by atoms with Gasteiger partial charge in [-0.1, -0.05) is 0 Å². The number of halogens is 1. The fourth-order valence-electron chi connectivity index (χ4n) is 1.25. The van der Waals surface area contributed by atoms with Gasteiger partial charge >= 0.3 is 0 Å². The topological polar surface area (TPSA) is 49.3 Å². The zero-order valence-corrected chi connectivity index (χ0v) is 12.3. The van der Waals surface area contributed by atoms with Gasteiger partial charge < -0.3 is 10.4 Å². The fraction of sp³-hybridized carbons (Fsp3) is 0.500. The number of hydrogen-bond donors (Lipinski definition) is 2. The number of thiophene rings is 1. The van der Waals surface area contributed by atoms with Crippen molar-refractivity contribution in [3.05, 3.63) is 20.8 Å². The van der Waals surface area contributed by atoms with Crippen LogP contribution in [0.25, 0.3) is 0 Å². The molecular weight excluding hydrogens is 310 g/mol. The Kier molecular flexibility index (Phi) is 5.82.